The van der Waals surface area contributed by atoms with Crippen LogP contribution >= 0.6 is 0 Å². The maximum atomic E-state index is 6.46. The maximum absolute atomic E-state index is 6.46. The van der Waals surface area contributed by atoms with Crippen LogP contribution in [0.5, 0.6) is 5.75 Å². The normalized spacial score (nSPS) is 16.8. The van der Waals surface area contributed by atoms with Crippen molar-refractivity contribution in [1.29, 1.82) is 0 Å². The smallest absolute Gasteiger partial charge is 0.174 e. The van der Waals surface area contributed by atoms with Crippen LogP contribution in [0.3, 0.4) is 0 Å². The molecule has 0 amide bonds. The summed E-state index contributed by atoms with van der Waals surface area (Å²) in [6.07, 6.45) is 4.71. The SMILES string of the molecule is C=C(C)c1ccc(C(CC)N2c3ncccc3CCC2Oc2ccccc2)cc1. The van der Waals surface area contributed by atoms with Gasteiger partial charge in [-0.3, -0.25) is 0 Å². The third-order valence-corrected chi connectivity index (χ3v) is 5.61. The second kappa shape index (κ2) is 8.52. The number of benzene rings is 2. The molecule has 29 heavy (non-hydrogen) atoms. The Morgan fingerprint density at radius 2 is 1.86 bits per heavy atom. The van der Waals surface area contributed by atoms with E-state index in [1.165, 1.54) is 16.7 Å². The molecule has 0 radical (unpaired) electrons. The summed E-state index contributed by atoms with van der Waals surface area (Å²) in [4.78, 5) is 7.14. The predicted octanol–water partition coefficient (Wildman–Crippen LogP) is 6.42. The average molecular weight is 385 g/mol. The minimum atomic E-state index is -0.0504. The van der Waals surface area contributed by atoms with E-state index in [4.69, 9.17) is 9.72 Å². The molecule has 3 aromatic rings. The number of para-hydroxylation sites is 1. The molecule has 2 heterocycles. The predicted molar refractivity (Wildman–Crippen MR) is 120 cm³/mol. The molecule has 1 aliphatic heterocycles. The molecule has 2 unspecified atom stereocenters. The summed E-state index contributed by atoms with van der Waals surface area (Å²) in [6, 6.07) is 23.3. The van der Waals surface area contributed by atoms with Gasteiger partial charge in [0.15, 0.2) is 6.23 Å². The van der Waals surface area contributed by atoms with Gasteiger partial charge in [0.05, 0.1) is 6.04 Å². The molecule has 148 valence electrons. The highest BCUT2D eigenvalue weighted by Gasteiger charge is 2.34. The van der Waals surface area contributed by atoms with E-state index in [0.29, 0.717) is 0 Å². The first-order valence-corrected chi connectivity index (χ1v) is 10.4. The number of aromatic nitrogens is 1. The number of ether oxygens (including phenoxy) is 1. The van der Waals surface area contributed by atoms with Crippen molar-refractivity contribution in [2.24, 2.45) is 0 Å². The van der Waals surface area contributed by atoms with E-state index in [-0.39, 0.29) is 12.3 Å². The minimum absolute atomic E-state index is 0.0504. The average Bonchev–Trinajstić information content (AvgIpc) is 2.76. The number of anilines is 1. The molecule has 2 atom stereocenters. The van der Waals surface area contributed by atoms with Gasteiger partial charge in [0.2, 0.25) is 0 Å². The number of allylic oxidation sites excluding steroid dienone is 1. The summed E-state index contributed by atoms with van der Waals surface area (Å²) in [5.41, 5.74) is 4.83. The Labute approximate surface area is 173 Å². The quantitative estimate of drug-likeness (QED) is 0.490. The number of hydrogen-bond donors (Lipinski definition) is 0. The highest BCUT2D eigenvalue weighted by Crippen LogP contribution is 2.38. The molecular weight excluding hydrogens is 356 g/mol. The second-order valence-electron chi connectivity index (χ2n) is 7.64. The number of aryl methyl sites for hydroxylation is 1. The first-order valence-electron chi connectivity index (χ1n) is 10.4. The molecule has 0 saturated heterocycles. The lowest BCUT2D eigenvalue weighted by atomic mass is 9.95. The van der Waals surface area contributed by atoms with Crippen molar-refractivity contribution in [2.75, 3.05) is 4.90 Å². The fraction of sp³-hybridized carbons (Fsp3) is 0.269. The maximum Gasteiger partial charge on any atom is 0.174 e. The topological polar surface area (TPSA) is 25.4 Å². The van der Waals surface area contributed by atoms with Crippen molar-refractivity contribution in [3.05, 3.63) is 96.2 Å². The molecule has 1 aliphatic rings. The van der Waals surface area contributed by atoms with Crippen molar-refractivity contribution in [3.8, 4) is 5.75 Å². The lowest BCUT2D eigenvalue weighted by Crippen LogP contribution is -2.46. The molecule has 0 saturated carbocycles. The Morgan fingerprint density at radius 3 is 2.55 bits per heavy atom. The largest absolute Gasteiger partial charge is 0.470 e. The second-order valence-corrected chi connectivity index (χ2v) is 7.64. The Kier molecular flexibility index (Phi) is 5.66. The van der Waals surface area contributed by atoms with Crippen molar-refractivity contribution in [2.45, 2.75) is 45.4 Å². The van der Waals surface area contributed by atoms with Gasteiger partial charge in [0.1, 0.15) is 11.6 Å². The van der Waals surface area contributed by atoms with E-state index in [0.717, 1.165) is 36.4 Å². The Bertz CT molecular complexity index is 966. The van der Waals surface area contributed by atoms with E-state index in [1.54, 1.807) is 0 Å². The van der Waals surface area contributed by atoms with Crippen LogP contribution in [0.2, 0.25) is 0 Å². The van der Waals surface area contributed by atoms with Crippen molar-refractivity contribution in [1.82, 2.24) is 4.98 Å². The van der Waals surface area contributed by atoms with Crippen molar-refractivity contribution < 1.29 is 4.74 Å². The lowest BCUT2D eigenvalue weighted by molar-refractivity contribution is 0.165. The monoisotopic (exact) mass is 384 g/mol. The zero-order valence-corrected chi connectivity index (χ0v) is 17.2. The van der Waals surface area contributed by atoms with E-state index in [2.05, 4.69) is 48.7 Å². The number of nitrogens with zero attached hydrogens (tertiary/aromatic N) is 2. The molecule has 0 aliphatic carbocycles. The fourth-order valence-corrected chi connectivity index (χ4v) is 4.12. The van der Waals surface area contributed by atoms with Crippen LogP contribution in [0, 0.1) is 0 Å². The first kappa shape index (κ1) is 19.3. The summed E-state index contributed by atoms with van der Waals surface area (Å²) < 4.78 is 6.46. The standard InChI is InChI=1S/C26H28N2O/c1-4-24(21-14-12-20(13-15-21)19(2)3)28-25(29-23-10-6-5-7-11-23)17-16-22-9-8-18-27-26(22)28/h5-15,18,24-25H,2,4,16-17H2,1,3H3. The van der Waals surface area contributed by atoms with Gasteiger partial charge in [0.25, 0.3) is 0 Å². The number of rotatable bonds is 6. The summed E-state index contributed by atoms with van der Waals surface area (Å²) in [7, 11) is 0. The van der Waals surface area contributed by atoms with Crippen LogP contribution in [0.25, 0.3) is 5.57 Å². The highest BCUT2D eigenvalue weighted by atomic mass is 16.5. The zero-order valence-electron chi connectivity index (χ0n) is 17.2. The molecule has 0 spiro atoms. The van der Waals surface area contributed by atoms with E-state index in [1.807, 2.05) is 49.5 Å². The van der Waals surface area contributed by atoms with Gasteiger partial charge in [-0.2, -0.15) is 0 Å². The summed E-state index contributed by atoms with van der Waals surface area (Å²) in [5, 5.41) is 0. The molecule has 0 fully saturated rings. The summed E-state index contributed by atoms with van der Waals surface area (Å²) >= 11 is 0. The van der Waals surface area contributed by atoms with Gasteiger partial charge < -0.3 is 9.64 Å². The number of hydrogen-bond acceptors (Lipinski definition) is 3. The Hall–Kier alpha value is -3.07. The molecule has 3 heteroatoms. The van der Waals surface area contributed by atoms with Crippen LogP contribution in [-0.2, 0) is 6.42 Å². The molecule has 2 aromatic carbocycles. The van der Waals surface area contributed by atoms with Gasteiger partial charge in [-0.15, -0.1) is 0 Å². The van der Waals surface area contributed by atoms with Gasteiger partial charge in [-0.1, -0.05) is 67.6 Å². The van der Waals surface area contributed by atoms with E-state index >= 15 is 0 Å². The van der Waals surface area contributed by atoms with Crippen LogP contribution in [-0.4, -0.2) is 11.2 Å². The molecular formula is C26H28N2O. The number of fused-ring (bicyclic) bond motifs is 1. The van der Waals surface area contributed by atoms with Crippen LogP contribution in [0.1, 0.15) is 49.4 Å². The van der Waals surface area contributed by atoms with E-state index < -0.39 is 0 Å². The Morgan fingerprint density at radius 1 is 1.10 bits per heavy atom. The highest BCUT2D eigenvalue weighted by molar-refractivity contribution is 5.62. The summed E-state index contributed by atoms with van der Waals surface area (Å²) in [5.74, 6) is 1.94. The Balaban J connectivity index is 1.72. The van der Waals surface area contributed by atoms with Gasteiger partial charge >= 0.3 is 0 Å². The van der Waals surface area contributed by atoms with Gasteiger partial charge in [0, 0.05) is 12.6 Å². The zero-order chi connectivity index (χ0) is 20.2. The third-order valence-electron chi connectivity index (χ3n) is 5.61. The lowest BCUT2D eigenvalue weighted by Gasteiger charge is -2.42. The van der Waals surface area contributed by atoms with Crippen LogP contribution in [0.4, 0.5) is 5.82 Å². The molecule has 0 N–H and O–H groups in total. The molecule has 1 aromatic heterocycles. The van der Waals surface area contributed by atoms with E-state index in [9.17, 15) is 0 Å². The van der Waals surface area contributed by atoms with Gasteiger partial charge in [-0.25, -0.2) is 4.98 Å². The fourth-order valence-electron chi connectivity index (χ4n) is 4.12. The van der Waals surface area contributed by atoms with Crippen molar-refractivity contribution in [3.63, 3.8) is 0 Å². The minimum Gasteiger partial charge on any atom is -0.470 e. The van der Waals surface area contributed by atoms with Gasteiger partial charge in [-0.05, 0) is 54.7 Å². The third kappa shape index (κ3) is 4.04. The summed E-state index contributed by atoms with van der Waals surface area (Å²) in [6.45, 7) is 8.33. The number of pyridine rings is 1. The molecule has 3 nitrogen and oxygen atoms in total. The first-order chi connectivity index (χ1) is 14.2. The van der Waals surface area contributed by atoms with Crippen LogP contribution in [0.15, 0.2) is 79.5 Å². The molecule has 4 rings (SSSR count). The van der Waals surface area contributed by atoms with Crippen molar-refractivity contribution >= 4 is 11.4 Å². The van der Waals surface area contributed by atoms with Crippen LogP contribution < -0.4 is 9.64 Å². The molecule has 0 bridgehead atoms.